The van der Waals surface area contributed by atoms with Gasteiger partial charge < -0.3 is 20.5 Å². The van der Waals surface area contributed by atoms with Gasteiger partial charge in [0.15, 0.2) is 11.6 Å². The second kappa shape index (κ2) is 6.35. The highest BCUT2D eigenvalue weighted by molar-refractivity contribution is 5.67. The number of nitrogens with two attached hydrogens (primary N) is 1. The molecule has 0 saturated heterocycles. The molecule has 0 aromatic heterocycles. The minimum Gasteiger partial charge on any atom is -0.494 e. The molecule has 5 heteroatoms. The largest absolute Gasteiger partial charge is 0.494 e. The van der Waals surface area contributed by atoms with Crippen LogP contribution in [0.15, 0.2) is 36.4 Å². The zero-order valence-electron chi connectivity index (χ0n) is 12.3. The van der Waals surface area contributed by atoms with E-state index in [0.29, 0.717) is 17.1 Å². The molecule has 2 aromatic rings. The molecule has 0 unspecified atom stereocenters. The molecule has 0 radical (unpaired) electrons. The highest BCUT2D eigenvalue weighted by atomic mass is 19.1. The molecule has 0 amide bonds. The number of nitrogen functional groups attached to an aromatic ring is 1. The van der Waals surface area contributed by atoms with Crippen LogP contribution in [0.4, 0.5) is 21.5 Å². The van der Waals surface area contributed by atoms with Gasteiger partial charge in [-0.05, 0) is 38.1 Å². The van der Waals surface area contributed by atoms with Crippen molar-refractivity contribution in [3.05, 3.63) is 42.2 Å². The number of rotatable bonds is 5. The number of halogens is 1. The van der Waals surface area contributed by atoms with Gasteiger partial charge in [0.2, 0.25) is 0 Å². The average Bonchev–Trinajstić information content (AvgIpc) is 2.42. The third kappa shape index (κ3) is 3.78. The molecule has 112 valence electrons. The first-order valence-electron chi connectivity index (χ1n) is 6.66. The Kier molecular flexibility index (Phi) is 4.52. The van der Waals surface area contributed by atoms with E-state index in [1.165, 1.54) is 13.2 Å². The van der Waals surface area contributed by atoms with E-state index in [1.807, 2.05) is 19.9 Å². The van der Waals surface area contributed by atoms with Crippen LogP contribution in [0.5, 0.6) is 11.5 Å². The quantitative estimate of drug-likeness (QED) is 0.819. The number of anilines is 3. The second-order valence-corrected chi connectivity index (χ2v) is 4.89. The molecule has 2 rings (SSSR count). The molecule has 21 heavy (non-hydrogen) atoms. The molecule has 3 N–H and O–H groups in total. The molecule has 0 aliphatic rings. The summed E-state index contributed by atoms with van der Waals surface area (Å²) in [5.74, 6) is 0.391. The fourth-order valence-electron chi connectivity index (χ4n) is 1.88. The number of nitrogens with one attached hydrogen (secondary N) is 1. The summed E-state index contributed by atoms with van der Waals surface area (Å²) < 4.78 is 24.2. The number of hydrogen-bond donors (Lipinski definition) is 2. The van der Waals surface area contributed by atoms with Gasteiger partial charge >= 0.3 is 0 Å². The second-order valence-electron chi connectivity index (χ2n) is 4.89. The maximum Gasteiger partial charge on any atom is 0.167 e. The van der Waals surface area contributed by atoms with Crippen LogP contribution >= 0.6 is 0 Å². The van der Waals surface area contributed by atoms with Gasteiger partial charge in [-0.15, -0.1) is 0 Å². The molecule has 0 aliphatic heterocycles. The minimum atomic E-state index is -0.420. The third-order valence-corrected chi connectivity index (χ3v) is 2.82. The van der Waals surface area contributed by atoms with Crippen LogP contribution in [0.1, 0.15) is 13.8 Å². The topological polar surface area (TPSA) is 56.5 Å². The predicted octanol–water partition coefficient (Wildman–Crippen LogP) is 3.95. The Hall–Kier alpha value is -2.43. The van der Waals surface area contributed by atoms with Crippen molar-refractivity contribution in [2.75, 3.05) is 18.2 Å². The van der Waals surface area contributed by atoms with Gasteiger partial charge in [0.25, 0.3) is 0 Å². The van der Waals surface area contributed by atoms with Crippen molar-refractivity contribution >= 4 is 17.1 Å². The van der Waals surface area contributed by atoms with Crippen molar-refractivity contribution in [2.45, 2.75) is 20.0 Å². The Morgan fingerprint density at radius 2 is 1.71 bits per heavy atom. The standard InChI is InChI=1S/C16H19FN2O2/c1-10(2)21-16-9-12(4-6-14(16)18)19-11-5-7-15(20-3)13(17)8-11/h4-10,19H,18H2,1-3H3. The fourth-order valence-corrected chi connectivity index (χ4v) is 1.88. The minimum absolute atomic E-state index is 0.0287. The maximum atomic E-state index is 13.7. The molecule has 0 spiro atoms. The Bertz CT molecular complexity index is 630. The van der Waals surface area contributed by atoms with Crippen molar-refractivity contribution in [3.8, 4) is 11.5 Å². The lowest BCUT2D eigenvalue weighted by Crippen LogP contribution is -2.07. The Balaban J connectivity index is 2.21. The summed E-state index contributed by atoms with van der Waals surface area (Å²) in [6.07, 6.45) is 0.0287. The zero-order chi connectivity index (χ0) is 15.4. The van der Waals surface area contributed by atoms with E-state index in [1.54, 1.807) is 24.3 Å². The van der Waals surface area contributed by atoms with Crippen LogP contribution in [0.25, 0.3) is 0 Å². The van der Waals surface area contributed by atoms with Gasteiger partial charge in [0.05, 0.1) is 18.9 Å². The third-order valence-electron chi connectivity index (χ3n) is 2.82. The SMILES string of the molecule is COc1ccc(Nc2ccc(N)c(OC(C)C)c2)cc1F. The smallest absolute Gasteiger partial charge is 0.167 e. The molecule has 0 fully saturated rings. The summed E-state index contributed by atoms with van der Waals surface area (Å²) in [5, 5.41) is 3.11. The first-order chi connectivity index (χ1) is 9.99. The summed E-state index contributed by atoms with van der Waals surface area (Å²) in [7, 11) is 1.43. The summed E-state index contributed by atoms with van der Waals surface area (Å²) in [6, 6.07) is 10.0. The molecule has 4 nitrogen and oxygen atoms in total. The predicted molar refractivity (Wildman–Crippen MR) is 82.9 cm³/mol. The Labute approximate surface area is 123 Å². The Morgan fingerprint density at radius 1 is 1.05 bits per heavy atom. The lowest BCUT2D eigenvalue weighted by atomic mass is 10.2. The molecular weight excluding hydrogens is 271 g/mol. The molecule has 0 atom stereocenters. The monoisotopic (exact) mass is 290 g/mol. The molecule has 0 saturated carbocycles. The molecule has 0 bridgehead atoms. The average molecular weight is 290 g/mol. The summed E-state index contributed by atoms with van der Waals surface area (Å²) in [5.41, 5.74) is 7.82. The lowest BCUT2D eigenvalue weighted by Gasteiger charge is -2.14. The zero-order valence-corrected chi connectivity index (χ0v) is 12.3. The van der Waals surface area contributed by atoms with Crippen molar-refractivity contribution in [3.63, 3.8) is 0 Å². The van der Waals surface area contributed by atoms with Crippen molar-refractivity contribution in [1.82, 2.24) is 0 Å². The number of methoxy groups -OCH3 is 1. The molecular formula is C16H19FN2O2. The van der Waals surface area contributed by atoms with Gasteiger partial charge in [0, 0.05) is 23.5 Å². The summed E-state index contributed by atoms with van der Waals surface area (Å²) in [6.45, 7) is 3.86. The number of ether oxygens (including phenoxy) is 2. The van der Waals surface area contributed by atoms with Crippen LogP contribution in [0, 0.1) is 5.82 Å². The van der Waals surface area contributed by atoms with E-state index in [4.69, 9.17) is 15.2 Å². The van der Waals surface area contributed by atoms with Crippen LogP contribution in [-0.2, 0) is 0 Å². The van der Waals surface area contributed by atoms with E-state index in [2.05, 4.69) is 5.32 Å². The van der Waals surface area contributed by atoms with Crippen LogP contribution in [-0.4, -0.2) is 13.2 Å². The van der Waals surface area contributed by atoms with Gasteiger partial charge in [-0.2, -0.15) is 0 Å². The van der Waals surface area contributed by atoms with Gasteiger partial charge in [-0.3, -0.25) is 0 Å². The molecule has 2 aromatic carbocycles. The van der Waals surface area contributed by atoms with Crippen LogP contribution in [0.2, 0.25) is 0 Å². The molecule has 0 aliphatic carbocycles. The molecule has 0 heterocycles. The maximum absolute atomic E-state index is 13.7. The van der Waals surface area contributed by atoms with E-state index in [-0.39, 0.29) is 11.9 Å². The normalized spacial score (nSPS) is 10.5. The number of hydrogen-bond acceptors (Lipinski definition) is 4. The van der Waals surface area contributed by atoms with Crippen LogP contribution in [0.3, 0.4) is 0 Å². The van der Waals surface area contributed by atoms with Crippen molar-refractivity contribution in [2.24, 2.45) is 0 Å². The van der Waals surface area contributed by atoms with Crippen molar-refractivity contribution < 1.29 is 13.9 Å². The summed E-state index contributed by atoms with van der Waals surface area (Å²) >= 11 is 0. The van der Waals surface area contributed by atoms with Gasteiger partial charge in [-0.25, -0.2) is 4.39 Å². The highest BCUT2D eigenvalue weighted by Crippen LogP contribution is 2.29. The lowest BCUT2D eigenvalue weighted by molar-refractivity contribution is 0.244. The highest BCUT2D eigenvalue weighted by Gasteiger charge is 2.07. The van der Waals surface area contributed by atoms with Gasteiger partial charge in [-0.1, -0.05) is 0 Å². The first kappa shape index (κ1) is 15.0. The fraction of sp³-hybridized carbons (Fsp3) is 0.250. The van der Waals surface area contributed by atoms with E-state index < -0.39 is 5.82 Å². The summed E-state index contributed by atoms with van der Waals surface area (Å²) in [4.78, 5) is 0. The van der Waals surface area contributed by atoms with Gasteiger partial charge in [0.1, 0.15) is 5.75 Å². The first-order valence-corrected chi connectivity index (χ1v) is 6.66. The Morgan fingerprint density at radius 3 is 2.33 bits per heavy atom. The van der Waals surface area contributed by atoms with E-state index in [0.717, 1.165) is 5.69 Å². The van der Waals surface area contributed by atoms with E-state index in [9.17, 15) is 4.39 Å². The van der Waals surface area contributed by atoms with Crippen LogP contribution < -0.4 is 20.5 Å². The number of benzene rings is 2. The van der Waals surface area contributed by atoms with E-state index >= 15 is 0 Å². The van der Waals surface area contributed by atoms with Crippen molar-refractivity contribution in [1.29, 1.82) is 0 Å².